The number of amides is 1. The largest absolute Gasteiger partial charge is 0.358 e. The van der Waals surface area contributed by atoms with Gasteiger partial charge in [0.05, 0.1) is 23.7 Å². The SMILES string of the molecule is Cc1cccc(-n2c(SCC(=O)Nc3ccc(F)cc3)nc(=O)c3c2NCN([C@@H](C)c2ccccc2)C3)c1C. The summed E-state index contributed by atoms with van der Waals surface area (Å²) in [6, 6.07) is 21.9. The monoisotopic (exact) mass is 543 g/mol. The van der Waals surface area contributed by atoms with E-state index in [1.54, 1.807) is 0 Å². The van der Waals surface area contributed by atoms with Crippen molar-refractivity contribution in [3.05, 3.63) is 111 Å². The lowest BCUT2D eigenvalue weighted by Crippen LogP contribution is -2.40. The van der Waals surface area contributed by atoms with Crippen LogP contribution in [-0.4, -0.2) is 32.8 Å². The summed E-state index contributed by atoms with van der Waals surface area (Å²) in [5, 5.41) is 6.69. The summed E-state index contributed by atoms with van der Waals surface area (Å²) in [4.78, 5) is 32.7. The molecule has 0 unspecified atom stereocenters. The van der Waals surface area contributed by atoms with E-state index in [0.717, 1.165) is 16.8 Å². The number of benzene rings is 3. The Bertz CT molecular complexity index is 1560. The number of anilines is 2. The van der Waals surface area contributed by atoms with E-state index in [0.29, 0.717) is 35.4 Å². The molecule has 1 aliphatic rings. The predicted octanol–water partition coefficient (Wildman–Crippen LogP) is 5.67. The molecule has 1 atom stereocenters. The number of nitrogens with one attached hydrogen (secondary N) is 2. The van der Waals surface area contributed by atoms with Crippen molar-refractivity contribution in [2.75, 3.05) is 23.1 Å². The van der Waals surface area contributed by atoms with Crippen LogP contribution in [0.1, 0.15) is 35.2 Å². The van der Waals surface area contributed by atoms with Gasteiger partial charge in [-0.1, -0.05) is 54.2 Å². The van der Waals surface area contributed by atoms with Crippen LogP contribution in [-0.2, 0) is 11.3 Å². The van der Waals surface area contributed by atoms with Crippen molar-refractivity contribution in [2.45, 2.75) is 38.5 Å². The summed E-state index contributed by atoms with van der Waals surface area (Å²) >= 11 is 1.19. The number of hydrogen-bond donors (Lipinski definition) is 2. The molecule has 0 fully saturated rings. The van der Waals surface area contributed by atoms with Gasteiger partial charge in [-0.15, -0.1) is 0 Å². The van der Waals surface area contributed by atoms with Crippen LogP contribution >= 0.6 is 11.8 Å². The second kappa shape index (κ2) is 11.4. The molecule has 7 nitrogen and oxygen atoms in total. The first kappa shape index (κ1) is 26.6. The van der Waals surface area contributed by atoms with E-state index in [4.69, 9.17) is 0 Å². The number of carbonyl (C=O) groups is 1. The fourth-order valence-electron chi connectivity index (χ4n) is 4.67. The number of nitrogens with zero attached hydrogens (tertiary/aromatic N) is 3. The van der Waals surface area contributed by atoms with E-state index >= 15 is 0 Å². The molecule has 9 heteroatoms. The second-order valence-corrected chi connectivity index (χ2v) is 10.5. The van der Waals surface area contributed by atoms with E-state index < -0.39 is 0 Å². The highest BCUT2D eigenvalue weighted by Gasteiger charge is 2.28. The smallest absolute Gasteiger partial charge is 0.280 e. The van der Waals surface area contributed by atoms with Crippen molar-refractivity contribution >= 4 is 29.2 Å². The first-order valence-electron chi connectivity index (χ1n) is 12.8. The number of rotatable bonds is 7. The summed E-state index contributed by atoms with van der Waals surface area (Å²) < 4.78 is 15.2. The van der Waals surface area contributed by atoms with Gasteiger partial charge in [-0.3, -0.25) is 19.1 Å². The molecule has 0 aliphatic carbocycles. The van der Waals surface area contributed by atoms with Crippen LogP contribution in [0.4, 0.5) is 15.9 Å². The van der Waals surface area contributed by atoms with E-state index in [9.17, 15) is 14.0 Å². The molecule has 5 rings (SSSR count). The fraction of sp³-hybridized carbons (Fsp3) is 0.233. The summed E-state index contributed by atoms with van der Waals surface area (Å²) in [6.45, 7) is 7.21. The van der Waals surface area contributed by atoms with Crippen LogP contribution in [0.25, 0.3) is 5.69 Å². The molecule has 1 amide bonds. The van der Waals surface area contributed by atoms with Gasteiger partial charge >= 0.3 is 0 Å². The minimum Gasteiger partial charge on any atom is -0.358 e. The number of halogens is 1. The van der Waals surface area contributed by atoms with Crippen LogP contribution < -0.4 is 16.2 Å². The summed E-state index contributed by atoms with van der Waals surface area (Å²) in [5.41, 5.74) is 5.02. The molecular formula is C30H30FN5O2S. The maximum Gasteiger partial charge on any atom is 0.280 e. The molecule has 0 spiro atoms. The average Bonchev–Trinajstić information content (AvgIpc) is 2.95. The zero-order valence-corrected chi connectivity index (χ0v) is 22.9. The maximum atomic E-state index is 13.4. The third-order valence-electron chi connectivity index (χ3n) is 7.07. The highest BCUT2D eigenvalue weighted by atomic mass is 32.2. The number of thioether (sulfide) groups is 1. The molecule has 39 heavy (non-hydrogen) atoms. The van der Waals surface area contributed by atoms with E-state index in [-0.39, 0.29) is 29.1 Å². The molecule has 3 aromatic carbocycles. The van der Waals surface area contributed by atoms with Crippen LogP contribution in [0.2, 0.25) is 0 Å². The Morgan fingerprint density at radius 1 is 1.08 bits per heavy atom. The predicted molar refractivity (Wildman–Crippen MR) is 154 cm³/mol. The van der Waals surface area contributed by atoms with E-state index in [1.165, 1.54) is 41.6 Å². The van der Waals surface area contributed by atoms with E-state index in [1.807, 2.05) is 54.8 Å². The lowest BCUT2D eigenvalue weighted by atomic mass is 10.1. The molecule has 0 saturated heterocycles. The third kappa shape index (κ3) is 5.74. The normalized spacial score (nSPS) is 13.8. The van der Waals surface area contributed by atoms with Gasteiger partial charge in [0.1, 0.15) is 11.6 Å². The highest BCUT2D eigenvalue weighted by molar-refractivity contribution is 7.99. The van der Waals surface area contributed by atoms with Crippen molar-refractivity contribution in [1.29, 1.82) is 0 Å². The first-order chi connectivity index (χ1) is 18.8. The van der Waals surface area contributed by atoms with Crippen LogP contribution in [0, 0.1) is 19.7 Å². The Hall–Kier alpha value is -3.95. The molecule has 200 valence electrons. The molecule has 0 saturated carbocycles. The van der Waals surface area contributed by atoms with Crippen molar-refractivity contribution in [3.63, 3.8) is 0 Å². The molecule has 1 aromatic heterocycles. The first-order valence-corrected chi connectivity index (χ1v) is 13.7. The zero-order chi connectivity index (χ0) is 27.5. The topological polar surface area (TPSA) is 79.3 Å². The molecule has 0 bridgehead atoms. The van der Waals surface area contributed by atoms with Gasteiger partial charge in [0.2, 0.25) is 5.91 Å². The van der Waals surface area contributed by atoms with Crippen molar-refractivity contribution in [1.82, 2.24) is 14.5 Å². The van der Waals surface area contributed by atoms with Crippen LogP contribution in [0.3, 0.4) is 0 Å². The zero-order valence-electron chi connectivity index (χ0n) is 22.1. The van der Waals surface area contributed by atoms with Gasteiger partial charge in [0, 0.05) is 18.3 Å². The molecule has 4 aromatic rings. The summed E-state index contributed by atoms with van der Waals surface area (Å²) in [6.07, 6.45) is 0. The molecule has 2 heterocycles. The molecular weight excluding hydrogens is 513 g/mol. The van der Waals surface area contributed by atoms with Gasteiger partial charge in [-0.25, -0.2) is 4.39 Å². The highest BCUT2D eigenvalue weighted by Crippen LogP contribution is 2.33. The van der Waals surface area contributed by atoms with Crippen LogP contribution in [0.5, 0.6) is 0 Å². The lowest BCUT2D eigenvalue weighted by molar-refractivity contribution is -0.113. The van der Waals surface area contributed by atoms with Crippen molar-refractivity contribution < 1.29 is 9.18 Å². The van der Waals surface area contributed by atoms with Gasteiger partial charge in [0.15, 0.2) is 5.16 Å². The average molecular weight is 544 g/mol. The number of aryl methyl sites for hydroxylation is 1. The van der Waals surface area contributed by atoms with E-state index in [2.05, 4.69) is 39.6 Å². The minimum atomic E-state index is -0.373. The van der Waals surface area contributed by atoms with Gasteiger partial charge in [-0.2, -0.15) is 4.98 Å². The van der Waals surface area contributed by atoms with Gasteiger partial charge in [-0.05, 0) is 67.8 Å². The lowest BCUT2D eigenvalue weighted by Gasteiger charge is -2.36. The number of hydrogen-bond acceptors (Lipinski definition) is 6. The van der Waals surface area contributed by atoms with Crippen molar-refractivity contribution in [3.8, 4) is 5.69 Å². The molecule has 1 aliphatic heterocycles. The Labute approximate surface area is 231 Å². The quantitative estimate of drug-likeness (QED) is 0.231. The van der Waals surface area contributed by atoms with Crippen molar-refractivity contribution in [2.24, 2.45) is 0 Å². The fourth-order valence-corrected chi connectivity index (χ4v) is 5.47. The molecule has 0 radical (unpaired) electrons. The number of aromatic nitrogens is 2. The number of carbonyl (C=O) groups excluding carboxylic acids is 1. The van der Waals surface area contributed by atoms with Gasteiger partial charge < -0.3 is 10.6 Å². The molecule has 2 N–H and O–H groups in total. The Morgan fingerprint density at radius 2 is 1.82 bits per heavy atom. The standard InChI is InChI=1S/C30H30FN5O2S/c1-19-8-7-11-26(20(19)2)36-28-25(16-35(18-32-28)21(3)22-9-5-4-6-10-22)29(38)34-30(36)39-17-27(37)33-24-14-12-23(31)13-15-24/h4-15,21,32H,16-18H2,1-3H3,(H,33,37)/t21-/m0/s1. The minimum absolute atomic E-state index is 0.0324. The Morgan fingerprint density at radius 3 is 2.56 bits per heavy atom. The maximum absolute atomic E-state index is 13.4. The second-order valence-electron chi connectivity index (χ2n) is 9.59. The van der Waals surface area contributed by atoms with Gasteiger partial charge in [0.25, 0.3) is 5.56 Å². The van der Waals surface area contributed by atoms with Crippen LogP contribution in [0.15, 0.2) is 82.7 Å². The summed E-state index contributed by atoms with van der Waals surface area (Å²) in [7, 11) is 0. The third-order valence-corrected chi connectivity index (χ3v) is 8.01. The Kier molecular flexibility index (Phi) is 7.81. The summed E-state index contributed by atoms with van der Waals surface area (Å²) in [5.74, 6) is 0.0796. The Balaban J connectivity index is 1.48. The number of fused-ring (bicyclic) bond motifs is 1.